The number of rotatable bonds is 8. The van der Waals surface area contributed by atoms with Crippen LogP contribution in [0.5, 0.6) is 5.75 Å². The van der Waals surface area contributed by atoms with Crippen LogP contribution in [0.3, 0.4) is 0 Å². The van der Waals surface area contributed by atoms with E-state index in [1.165, 1.54) is 11.1 Å². The maximum absolute atomic E-state index is 12.3. The number of ether oxygens (including phenoxy) is 1. The Morgan fingerprint density at radius 1 is 0.842 bits per heavy atom. The topological polar surface area (TPSA) is 66.2 Å². The van der Waals surface area contributed by atoms with Gasteiger partial charge in [0.25, 0.3) is 0 Å². The molecule has 2 aliphatic rings. The lowest BCUT2D eigenvalue weighted by Crippen LogP contribution is -2.50. The standard InChI is InChI=1S/C32H34N2O4/c35-25(22-37-26-14-15-28-27-12-7-13-29(27)32(36)38-30(28)20-26)21-33-16-18-34(19-17-33)31(23-8-3-1-4-9-23)24-10-5-2-6-11-24/h1-6,8-11,14-15,20,25,31,35H,7,12-13,16-19,21-22H2/t25-/m0/s1. The van der Waals surface area contributed by atoms with Crippen molar-refractivity contribution >= 4 is 11.0 Å². The molecule has 1 N–H and O–H groups in total. The normalized spacial score (nSPS) is 17.1. The number of benzene rings is 3. The highest BCUT2D eigenvalue weighted by atomic mass is 16.5. The molecule has 0 amide bonds. The van der Waals surface area contributed by atoms with Crippen molar-refractivity contribution < 1.29 is 14.3 Å². The average Bonchev–Trinajstić information content (AvgIpc) is 3.45. The molecule has 1 aliphatic heterocycles. The lowest BCUT2D eigenvalue weighted by Gasteiger charge is -2.40. The zero-order chi connectivity index (χ0) is 25.9. The molecular formula is C32H34N2O4. The van der Waals surface area contributed by atoms with Crippen molar-refractivity contribution in [1.82, 2.24) is 9.80 Å². The maximum atomic E-state index is 12.3. The SMILES string of the molecule is O=c1oc2cc(OC[C@@H](O)CN3CCN(C(c4ccccc4)c4ccccc4)CC3)ccc2c2c1CCC2. The third-order valence-electron chi connectivity index (χ3n) is 7.86. The Hall–Kier alpha value is -3.45. The van der Waals surface area contributed by atoms with Gasteiger partial charge in [-0.25, -0.2) is 4.79 Å². The molecule has 6 nitrogen and oxygen atoms in total. The van der Waals surface area contributed by atoms with E-state index in [4.69, 9.17) is 9.15 Å². The first-order chi connectivity index (χ1) is 18.7. The second-order valence-electron chi connectivity index (χ2n) is 10.4. The molecule has 3 aromatic carbocycles. The van der Waals surface area contributed by atoms with Gasteiger partial charge in [-0.15, -0.1) is 0 Å². The van der Waals surface area contributed by atoms with Gasteiger partial charge in [0, 0.05) is 49.7 Å². The van der Waals surface area contributed by atoms with E-state index in [1.807, 2.05) is 12.1 Å². The highest BCUT2D eigenvalue weighted by molar-refractivity contribution is 5.83. The van der Waals surface area contributed by atoms with Crippen molar-refractivity contribution in [2.45, 2.75) is 31.4 Å². The first kappa shape index (κ1) is 24.9. The van der Waals surface area contributed by atoms with Crippen molar-refractivity contribution in [3.8, 4) is 5.75 Å². The van der Waals surface area contributed by atoms with Crippen molar-refractivity contribution in [1.29, 1.82) is 0 Å². The molecule has 6 rings (SSSR count). The van der Waals surface area contributed by atoms with Crippen LogP contribution in [0, 0.1) is 0 Å². The molecule has 1 fully saturated rings. The van der Waals surface area contributed by atoms with Gasteiger partial charge in [0.1, 0.15) is 24.0 Å². The Bertz CT molecular complexity index is 1390. The van der Waals surface area contributed by atoms with Gasteiger partial charge in [0.05, 0.1) is 6.04 Å². The molecule has 0 saturated carbocycles. The Kier molecular flexibility index (Phi) is 7.27. The minimum absolute atomic E-state index is 0.192. The van der Waals surface area contributed by atoms with Crippen LogP contribution in [0.1, 0.15) is 34.7 Å². The van der Waals surface area contributed by atoms with Gasteiger partial charge >= 0.3 is 5.63 Å². The van der Waals surface area contributed by atoms with Crippen LogP contribution in [0.15, 0.2) is 88.1 Å². The monoisotopic (exact) mass is 510 g/mol. The molecule has 1 saturated heterocycles. The van der Waals surface area contributed by atoms with Crippen LogP contribution in [-0.2, 0) is 12.8 Å². The van der Waals surface area contributed by atoms with Crippen LogP contribution in [0.2, 0.25) is 0 Å². The summed E-state index contributed by atoms with van der Waals surface area (Å²) in [5.74, 6) is 0.607. The molecule has 0 radical (unpaired) electrons. The summed E-state index contributed by atoms with van der Waals surface area (Å²) in [6, 6.07) is 27.2. The molecular weight excluding hydrogens is 476 g/mol. The number of hydrogen-bond donors (Lipinski definition) is 1. The summed E-state index contributed by atoms with van der Waals surface area (Å²) < 4.78 is 11.5. The number of aliphatic hydroxyl groups excluding tert-OH is 1. The van der Waals surface area contributed by atoms with Crippen molar-refractivity contribution in [2.24, 2.45) is 0 Å². The fourth-order valence-corrected chi connectivity index (χ4v) is 5.99. The second kappa shape index (κ2) is 11.1. The van der Waals surface area contributed by atoms with Crippen molar-refractivity contribution in [2.75, 3.05) is 39.3 Å². The van der Waals surface area contributed by atoms with Crippen LogP contribution >= 0.6 is 0 Å². The molecule has 38 heavy (non-hydrogen) atoms. The van der Waals surface area contributed by atoms with E-state index in [-0.39, 0.29) is 18.3 Å². The average molecular weight is 511 g/mol. The Morgan fingerprint density at radius 3 is 2.18 bits per heavy atom. The number of hydrogen-bond acceptors (Lipinski definition) is 6. The summed E-state index contributed by atoms with van der Waals surface area (Å²) >= 11 is 0. The number of fused-ring (bicyclic) bond motifs is 3. The molecule has 0 spiro atoms. The highest BCUT2D eigenvalue weighted by Crippen LogP contribution is 2.31. The largest absolute Gasteiger partial charge is 0.491 e. The van der Waals surface area contributed by atoms with E-state index >= 15 is 0 Å². The van der Waals surface area contributed by atoms with Crippen LogP contribution < -0.4 is 10.4 Å². The number of nitrogens with zero attached hydrogens (tertiary/aromatic N) is 2. The number of β-amino-alcohol motifs (C(OH)–C–C–N with tert-alkyl or cyclic N) is 1. The summed E-state index contributed by atoms with van der Waals surface area (Å²) in [4.78, 5) is 17.1. The number of aliphatic hydroxyl groups is 1. The summed E-state index contributed by atoms with van der Waals surface area (Å²) in [6.07, 6.45) is 2.10. The van der Waals surface area contributed by atoms with E-state index < -0.39 is 6.10 Å². The van der Waals surface area contributed by atoms with Crippen molar-refractivity contribution in [3.63, 3.8) is 0 Å². The first-order valence-corrected chi connectivity index (χ1v) is 13.6. The lowest BCUT2D eigenvalue weighted by atomic mass is 9.96. The molecule has 0 unspecified atom stereocenters. The van der Waals surface area contributed by atoms with Gasteiger partial charge in [-0.3, -0.25) is 9.80 Å². The molecule has 1 atom stereocenters. The van der Waals surface area contributed by atoms with Gasteiger partial charge < -0.3 is 14.3 Å². The molecule has 1 aliphatic carbocycles. The minimum Gasteiger partial charge on any atom is -0.491 e. The lowest BCUT2D eigenvalue weighted by molar-refractivity contribution is 0.0401. The first-order valence-electron chi connectivity index (χ1n) is 13.6. The van der Waals surface area contributed by atoms with Gasteiger partial charge in [0.15, 0.2) is 0 Å². The third-order valence-corrected chi connectivity index (χ3v) is 7.86. The fourth-order valence-electron chi connectivity index (χ4n) is 5.99. The van der Waals surface area contributed by atoms with E-state index in [0.29, 0.717) is 17.9 Å². The van der Waals surface area contributed by atoms with E-state index in [0.717, 1.165) is 62.0 Å². The summed E-state index contributed by atoms with van der Waals surface area (Å²) in [5, 5.41) is 11.7. The summed E-state index contributed by atoms with van der Waals surface area (Å²) in [6.45, 7) is 4.38. The molecule has 4 aromatic rings. The number of piperazine rings is 1. The third kappa shape index (κ3) is 5.25. The van der Waals surface area contributed by atoms with E-state index in [9.17, 15) is 9.90 Å². The van der Waals surface area contributed by atoms with Crippen LogP contribution in [0.4, 0.5) is 0 Å². The van der Waals surface area contributed by atoms with Gasteiger partial charge in [-0.1, -0.05) is 60.7 Å². The van der Waals surface area contributed by atoms with Crippen LogP contribution in [-0.4, -0.2) is 60.3 Å². The van der Waals surface area contributed by atoms with Crippen molar-refractivity contribution in [3.05, 3.63) is 112 Å². The smallest absolute Gasteiger partial charge is 0.339 e. The minimum atomic E-state index is -0.608. The van der Waals surface area contributed by atoms with Gasteiger partial charge in [-0.05, 0) is 48.1 Å². The van der Waals surface area contributed by atoms with Gasteiger partial charge in [0.2, 0.25) is 0 Å². The zero-order valence-electron chi connectivity index (χ0n) is 21.6. The quantitative estimate of drug-likeness (QED) is 0.354. The van der Waals surface area contributed by atoms with E-state index in [1.54, 1.807) is 6.07 Å². The molecule has 196 valence electrons. The molecule has 0 bridgehead atoms. The Labute approximate surface area is 223 Å². The summed E-state index contributed by atoms with van der Waals surface area (Å²) in [7, 11) is 0. The van der Waals surface area contributed by atoms with Crippen LogP contribution in [0.25, 0.3) is 11.0 Å². The highest BCUT2D eigenvalue weighted by Gasteiger charge is 2.27. The Balaban J connectivity index is 1.05. The molecule has 6 heteroatoms. The Morgan fingerprint density at radius 2 is 1.50 bits per heavy atom. The predicted molar refractivity (Wildman–Crippen MR) is 149 cm³/mol. The van der Waals surface area contributed by atoms with Gasteiger partial charge in [-0.2, -0.15) is 0 Å². The molecule has 2 heterocycles. The van der Waals surface area contributed by atoms with E-state index in [2.05, 4.69) is 70.5 Å². The zero-order valence-corrected chi connectivity index (χ0v) is 21.6. The second-order valence-corrected chi connectivity index (χ2v) is 10.4. The molecule has 1 aromatic heterocycles. The summed E-state index contributed by atoms with van der Waals surface area (Å²) in [5.41, 5.74) is 4.87. The maximum Gasteiger partial charge on any atom is 0.339 e. The number of aryl methyl sites for hydroxylation is 1. The fraction of sp³-hybridized carbons (Fsp3) is 0.344. The predicted octanol–water partition coefficient (Wildman–Crippen LogP) is 4.43.